The van der Waals surface area contributed by atoms with Crippen molar-refractivity contribution in [2.45, 2.75) is 32.3 Å². The molecule has 3 atom stereocenters. The number of nitrogens with one attached hydrogen (secondary N) is 2. The molecule has 1 saturated carbocycles. The summed E-state index contributed by atoms with van der Waals surface area (Å²) in [4.78, 5) is 22.6. The van der Waals surface area contributed by atoms with E-state index in [1.54, 1.807) is 0 Å². The fourth-order valence-corrected chi connectivity index (χ4v) is 1.51. The Balaban J connectivity index is 2.05. The van der Waals surface area contributed by atoms with Gasteiger partial charge in [-0.05, 0) is 12.3 Å². The van der Waals surface area contributed by atoms with Crippen LogP contribution in [0.3, 0.4) is 0 Å². The molecular formula is C11H18F2N2O3. The largest absolute Gasteiger partial charge is 0.385 e. The summed E-state index contributed by atoms with van der Waals surface area (Å²) in [6.45, 7) is 1.67. The Morgan fingerprint density at radius 3 is 2.50 bits per heavy atom. The highest BCUT2D eigenvalue weighted by molar-refractivity contribution is 5.82. The van der Waals surface area contributed by atoms with Crippen molar-refractivity contribution in [2.75, 3.05) is 13.1 Å². The third-order valence-corrected chi connectivity index (χ3v) is 2.90. The van der Waals surface area contributed by atoms with Crippen molar-refractivity contribution in [1.29, 1.82) is 0 Å². The highest BCUT2D eigenvalue weighted by Gasteiger charge is 2.38. The van der Waals surface area contributed by atoms with Gasteiger partial charge in [-0.3, -0.25) is 9.59 Å². The van der Waals surface area contributed by atoms with Crippen LogP contribution in [-0.4, -0.2) is 42.5 Å². The Morgan fingerprint density at radius 1 is 1.39 bits per heavy atom. The average Bonchev–Trinajstić information content (AvgIpc) is 3.03. The van der Waals surface area contributed by atoms with Crippen molar-refractivity contribution >= 4 is 11.8 Å². The van der Waals surface area contributed by atoms with Crippen molar-refractivity contribution < 1.29 is 23.5 Å². The smallest absolute Gasteiger partial charge is 0.265 e. The van der Waals surface area contributed by atoms with Gasteiger partial charge < -0.3 is 15.7 Å². The fraction of sp³-hybridized carbons (Fsp3) is 0.818. The minimum absolute atomic E-state index is 0.0167. The van der Waals surface area contributed by atoms with Gasteiger partial charge in [-0.1, -0.05) is 6.92 Å². The van der Waals surface area contributed by atoms with Gasteiger partial charge in [0.25, 0.3) is 6.43 Å². The molecule has 0 bridgehead atoms. The zero-order valence-corrected chi connectivity index (χ0v) is 10.2. The van der Waals surface area contributed by atoms with E-state index < -0.39 is 25.0 Å². The summed E-state index contributed by atoms with van der Waals surface area (Å²) in [6.07, 6.45) is -3.83. The number of carbonyl (C=O) groups is 2. The fourth-order valence-electron chi connectivity index (χ4n) is 1.51. The normalized spacial score (nSPS) is 23.6. The maximum absolute atomic E-state index is 11.9. The van der Waals surface area contributed by atoms with Gasteiger partial charge in [0.1, 0.15) is 6.10 Å². The predicted molar refractivity (Wildman–Crippen MR) is 59.9 cm³/mol. The van der Waals surface area contributed by atoms with Gasteiger partial charge in [-0.25, -0.2) is 8.78 Å². The molecule has 0 heterocycles. The van der Waals surface area contributed by atoms with Crippen LogP contribution in [0.4, 0.5) is 8.78 Å². The summed E-state index contributed by atoms with van der Waals surface area (Å²) < 4.78 is 23.8. The minimum Gasteiger partial charge on any atom is -0.385 e. The van der Waals surface area contributed by atoms with Gasteiger partial charge in [-0.2, -0.15) is 0 Å². The Morgan fingerprint density at radius 2 is 2.00 bits per heavy atom. The molecule has 0 aromatic heterocycles. The Labute approximate surface area is 104 Å². The SMILES string of the molecule is CC1CC1C(=O)NCCC(=O)NCC(O)C(F)F. The molecule has 0 spiro atoms. The molecule has 18 heavy (non-hydrogen) atoms. The topological polar surface area (TPSA) is 78.4 Å². The average molecular weight is 264 g/mol. The van der Waals surface area contributed by atoms with Crippen LogP contribution >= 0.6 is 0 Å². The van der Waals surface area contributed by atoms with Crippen LogP contribution in [0.15, 0.2) is 0 Å². The summed E-state index contributed by atoms with van der Waals surface area (Å²) in [7, 11) is 0. The lowest BCUT2D eigenvalue weighted by atomic mass is 10.3. The van der Waals surface area contributed by atoms with E-state index in [1.165, 1.54) is 0 Å². The molecule has 0 aromatic carbocycles. The van der Waals surface area contributed by atoms with Crippen LogP contribution in [0.2, 0.25) is 0 Å². The molecule has 0 saturated heterocycles. The molecule has 1 aliphatic rings. The molecule has 104 valence electrons. The Kier molecular flexibility index (Phi) is 5.46. The summed E-state index contributed by atoms with van der Waals surface area (Å²) in [6, 6.07) is 0. The lowest BCUT2D eigenvalue weighted by molar-refractivity contribution is -0.123. The number of aliphatic hydroxyl groups is 1. The van der Waals surface area contributed by atoms with Gasteiger partial charge >= 0.3 is 0 Å². The first-order valence-corrected chi connectivity index (χ1v) is 5.92. The third-order valence-electron chi connectivity index (χ3n) is 2.90. The van der Waals surface area contributed by atoms with Crippen LogP contribution < -0.4 is 10.6 Å². The molecule has 7 heteroatoms. The van der Waals surface area contributed by atoms with E-state index in [0.717, 1.165) is 6.42 Å². The number of hydrogen-bond acceptors (Lipinski definition) is 3. The first-order chi connectivity index (χ1) is 8.41. The van der Waals surface area contributed by atoms with Crippen molar-refractivity contribution in [3.63, 3.8) is 0 Å². The lowest BCUT2D eigenvalue weighted by Crippen LogP contribution is -2.37. The molecule has 3 N–H and O–H groups in total. The molecular weight excluding hydrogens is 246 g/mol. The van der Waals surface area contributed by atoms with Crippen molar-refractivity contribution in [3.8, 4) is 0 Å². The van der Waals surface area contributed by atoms with Crippen molar-refractivity contribution in [1.82, 2.24) is 10.6 Å². The standard InChI is InChI=1S/C11H18F2N2O3/c1-6-4-7(6)11(18)14-3-2-9(17)15-5-8(16)10(12)13/h6-8,10,16H,2-5H2,1H3,(H,14,18)(H,15,17). The molecule has 0 radical (unpaired) electrons. The van der Waals surface area contributed by atoms with E-state index in [1.807, 2.05) is 6.92 Å². The number of aliphatic hydroxyl groups excluding tert-OH is 1. The maximum Gasteiger partial charge on any atom is 0.265 e. The van der Waals surface area contributed by atoms with Gasteiger partial charge in [0.05, 0.1) is 0 Å². The van der Waals surface area contributed by atoms with Crippen molar-refractivity contribution in [3.05, 3.63) is 0 Å². The Bertz CT molecular complexity index is 313. The van der Waals surface area contributed by atoms with Crippen molar-refractivity contribution in [2.24, 2.45) is 11.8 Å². The van der Waals surface area contributed by atoms with E-state index >= 15 is 0 Å². The van der Waals surface area contributed by atoms with E-state index in [9.17, 15) is 18.4 Å². The molecule has 3 unspecified atom stereocenters. The Hall–Kier alpha value is -1.24. The number of rotatable bonds is 7. The van der Waals surface area contributed by atoms with E-state index in [-0.39, 0.29) is 24.8 Å². The number of carbonyl (C=O) groups excluding carboxylic acids is 2. The second kappa shape index (κ2) is 6.63. The van der Waals surface area contributed by atoms with Crippen LogP contribution in [0.25, 0.3) is 0 Å². The highest BCUT2D eigenvalue weighted by atomic mass is 19.3. The monoisotopic (exact) mass is 264 g/mol. The molecule has 5 nitrogen and oxygen atoms in total. The molecule has 1 fully saturated rings. The molecule has 1 aliphatic carbocycles. The zero-order chi connectivity index (χ0) is 13.7. The first-order valence-electron chi connectivity index (χ1n) is 5.92. The summed E-state index contributed by atoms with van der Waals surface area (Å²) in [5, 5.41) is 13.5. The van der Waals surface area contributed by atoms with Crippen LogP contribution in [0.5, 0.6) is 0 Å². The number of hydrogen-bond donors (Lipinski definition) is 3. The van der Waals surface area contributed by atoms with Gasteiger partial charge in [0.2, 0.25) is 11.8 Å². The van der Waals surface area contributed by atoms with E-state index in [2.05, 4.69) is 10.6 Å². The van der Waals surface area contributed by atoms with Crippen LogP contribution in [0, 0.1) is 11.8 Å². The minimum atomic E-state index is -2.87. The first kappa shape index (κ1) is 14.8. The van der Waals surface area contributed by atoms with Gasteiger partial charge in [-0.15, -0.1) is 0 Å². The van der Waals surface area contributed by atoms with E-state index in [4.69, 9.17) is 5.11 Å². The zero-order valence-electron chi connectivity index (χ0n) is 10.2. The molecule has 0 aromatic rings. The number of alkyl halides is 2. The second-order valence-corrected chi connectivity index (χ2v) is 4.57. The quantitative estimate of drug-likeness (QED) is 0.600. The van der Waals surface area contributed by atoms with Crippen LogP contribution in [-0.2, 0) is 9.59 Å². The summed E-state index contributed by atoms with van der Waals surface area (Å²) >= 11 is 0. The van der Waals surface area contributed by atoms with Gasteiger partial charge in [0.15, 0.2) is 0 Å². The second-order valence-electron chi connectivity index (χ2n) is 4.57. The van der Waals surface area contributed by atoms with Gasteiger partial charge in [0, 0.05) is 25.4 Å². The number of halogens is 2. The highest BCUT2D eigenvalue weighted by Crippen LogP contribution is 2.37. The molecule has 0 aliphatic heterocycles. The predicted octanol–water partition coefficient (Wildman–Crippen LogP) is -0.109. The lowest BCUT2D eigenvalue weighted by Gasteiger charge is -2.10. The third kappa shape index (κ3) is 4.95. The summed E-state index contributed by atoms with van der Waals surface area (Å²) in [5.41, 5.74) is 0. The van der Waals surface area contributed by atoms with E-state index in [0.29, 0.717) is 5.92 Å². The molecule has 1 rings (SSSR count). The number of amides is 2. The summed E-state index contributed by atoms with van der Waals surface area (Å²) in [5.74, 6) is -0.0875. The maximum atomic E-state index is 11.9. The van der Waals surface area contributed by atoms with Crippen LogP contribution in [0.1, 0.15) is 19.8 Å². The molecule has 2 amide bonds.